The molecule has 0 heterocycles. The van der Waals surface area contributed by atoms with Crippen LogP contribution in [0.15, 0.2) is 18.2 Å². The zero-order chi connectivity index (χ0) is 17.5. The highest BCUT2D eigenvalue weighted by Crippen LogP contribution is 2.35. The molecule has 1 amide bonds. The van der Waals surface area contributed by atoms with Crippen LogP contribution in [0.3, 0.4) is 0 Å². The van der Waals surface area contributed by atoms with Gasteiger partial charge in [-0.3, -0.25) is 0 Å². The Labute approximate surface area is 137 Å². The maximum Gasteiger partial charge on any atom is 0.407 e. The molecule has 1 N–H and O–H groups in total. The third-order valence-electron chi connectivity index (χ3n) is 2.80. The van der Waals surface area contributed by atoms with Crippen LogP contribution in [0.2, 0.25) is 0 Å². The van der Waals surface area contributed by atoms with E-state index in [-0.39, 0.29) is 0 Å². The Bertz CT molecular complexity index is 561. The van der Waals surface area contributed by atoms with Gasteiger partial charge in [0.2, 0.25) is 0 Å². The van der Waals surface area contributed by atoms with Crippen LogP contribution in [0.1, 0.15) is 26.3 Å². The van der Waals surface area contributed by atoms with Crippen LogP contribution in [0.25, 0.3) is 6.08 Å². The third-order valence-corrected chi connectivity index (χ3v) is 2.80. The van der Waals surface area contributed by atoms with Crippen molar-refractivity contribution in [2.45, 2.75) is 26.4 Å². The zero-order valence-electron chi connectivity index (χ0n) is 14.6. The molecule has 128 valence electrons. The molecule has 0 fully saturated rings. The number of ether oxygens (including phenoxy) is 4. The second-order valence-corrected chi connectivity index (χ2v) is 5.73. The minimum Gasteiger partial charge on any atom is -0.496 e. The first-order valence-corrected chi connectivity index (χ1v) is 7.24. The van der Waals surface area contributed by atoms with E-state index in [0.29, 0.717) is 23.8 Å². The molecule has 6 nitrogen and oxygen atoms in total. The van der Waals surface area contributed by atoms with Gasteiger partial charge in [0.15, 0.2) is 11.5 Å². The molecule has 0 atom stereocenters. The van der Waals surface area contributed by atoms with Crippen molar-refractivity contribution < 1.29 is 23.7 Å². The number of methoxy groups -OCH3 is 3. The van der Waals surface area contributed by atoms with E-state index >= 15 is 0 Å². The number of hydrogen-bond donors (Lipinski definition) is 1. The average molecular weight is 323 g/mol. The van der Waals surface area contributed by atoms with Crippen molar-refractivity contribution >= 4 is 12.2 Å². The monoisotopic (exact) mass is 323 g/mol. The molecule has 0 aliphatic heterocycles. The van der Waals surface area contributed by atoms with Gasteiger partial charge in [-0.05, 0) is 26.8 Å². The third kappa shape index (κ3) is 6.10. The fourth-order valence-electron chi connectivity index (χ4n) is 1.83. The molecular weight excluding hydrogens is 298 g/mol. The quantitative estimate of drug-likeness (QED) is 0.870. The summed E-state index contributed by atoms with van der Waals surface area (Å²) in [7, 11) is 4.72. The van der Waals surface area contributed by atoms with Gasteiger partial charge < -0.3 is 24.3 Å². The van der Waals surface area contributed by atoms with E-state index in [4.69, 9.17) is 18.9 Å². The molecule has 0 saturated heterocycles. The maximum atomic E-state index is 11.5. The second kappa shape index (κ2) is 8.31. The summed E-state index contributed by atoms with van der Waals surface area (Å²) in [4.78, 5) is 11.5. The van der Waals surface area contributed by atoms with E-state index in [2.05, 4.69) is 5.32 Å². The van der Waals surface area contributed by atoms with E-state index in [1.54, 1.807) is 33.5 Å². The van der Waals surface area contributed by atoms with Crippen molar-refractivity contribution in [2.75, 3.05) is 27.9 Å². The SMILES string of the molecule is COc1cc(OC)c(OC)cc1C=CCNC(=O)OC(C)(C)C. The van der Waals surface area contributed by atoms with Gasteiger partial charge in [0.1, 0.15) is 11.4 Å². The van der Waals surface area contributed by atoms with Gasteiger partial charge in [-0.25, -0.2) is 4.79 Å². The summed E-state index contributed by atoms with van der Waals surface area (Å²) in [5.74, 6) is 1.84. The van der Waals surface area contributed by atoms with E-state index < -0.39 is 11.7 Å². The summed E-state index contributed by atoms with van der Waals surface area (Å²) in [5.41, 5.74) is 0.302. The van der Waals surface area contributed by atoms with E-state index in [9.17, 15) is 4.79 Å². The summed E-state index contributed by atoms with van der Waals surface area (Å²) in [6, 6.07) is 3.56. The van der Waals surface area contributed by atoms with Crippen molar-refractivity contribution in [2.24, 2.45) is 0 Å². The van der Waals surface area contributed by atoms with E-state index in [0.717, 1.165) is 5.56 Å². The standard InChI is InChI=1S/C17H25NO5/c1-17(2,3)23-16(19)18-9-7-8-12-10-14(21-5)15(22-6)11-13(12)20-4/h7-8,10-11H,9H2,1-6H3,(H,18,19). The van der Waals surface area contributed by atoms with Gasteiger partial charge in [0, 0.05) is 18.2 Å². The lowest BCUT2D eigenvalue weighted by atomic mass is 10.1. The molecule has 0 aliphatic carbocycles. The molecule has 0 bridgehead atoms. The maximum absolute atomic E-state index is 11.5. The van der Waals surface area contributed by atoms with Crippen molar-refractivity contribution in [3.05, 3.63) is 23.8 Å². The lowest BCUT2D eigenvalue weighted by Crippen LogP contribution is -2.32. The van der Waals surface area contributed by atoms with Gasteiger partial charge >= 0.3 is 6.09 Å². The smallest absolute Gasteiger partial charge is 0.407 e. The normalized spacial score (nSPS) is 11.2. The van der Waals surface area contributed by atoms with E-state index in [1.807, 2.05) is 32.9 Å². The predicted molar refractivity (Wildman–Crippen MR) is 89.4 cm³/mol. The number of amides is 1. The fourth-order valence-corrected chi connectivity index (χ4v) is 1.83. The van der Waals surface area contributed by atoms with Gasteiger partial charge in [-0.15, -0.1) is 0 Å². The Morgan fingerprint density at radius 1 is 1.04 bits per heavy atom. The summed E-state index contributed by atoms with van der Waals surface area (Å²) in [6.07, 6.45) is 3.17. The molecular formula is C17H25NO5. The molecule has 1 aromatic carbocycles. The zero-order valence-corrected chi connectivity index (χ0v) is 14.6. The fraction of sp³-hybridized carbons (Fsp3) is 0.471. The van der Waals surface area contributed by atoms with Crippen LogP contribution in [0, 0.1) is 0 Å². The molecule has 1 aromatic rings. The number of alkyl carbamates (subject to hydrolysis) is 1. The summed E-state index contributed by atoms with van der Waals surface area (Å²) >= 11 is 0. The van der Waals surface area contributed by atoms with Crippen molar-refractivity contribution in [1.82, 2.24) is 5.32 Å². The molecule has 0 saturated carbocycles. The van der Waals surface area contributed by atoms with Gasteiger partial charge in [-0.1, -0.05) is 12.2 Å². The van der Waals surface area contributed by atoms with Crippen molar-refractivity contribution in [1.29, 1.82) is 0 Å². The Morgan fingerprint density at radius 2 is 1.61 bits per heavy atom. The largest absolute Gasteiger partial charge is 0.496 e. The number of carbonyl (C=O) groups excluding carboxylic acids is 1. The van der Waals surface area contributed by atoms with Gasteiger partial charge in [0.25, 0.3) is 0 Å². The average Bonchev–Trinajstić information content (AvgIpc) is 2.48. The first kappa shape index (κ1) is 18.7. The van der Waals surface area contributed by atoms with Crippen molar-refractivity contribution in [3.63, 3.8) is 0 Å². The molecule has 6 heteroatoms. The van der Waals surface area contributed by atoms with Crippen LogP contribution >= 0.6 is 0 Å². The van der Waals surface area contributed by atoms with E-state index in [1.165, 1.54) is 0 Å². The highest BCUT2D eigenvalue weighted by Gasteiger charge is 2.15. The molecule has 0 aromatic heterocycles. The number of hydrogen-bond acceptors (Lipinski definition) is 5. The topological polar surface area (TPSA) is 66.0 Å². The molecule has 0 aliphatic rings. The Balaban J connectivity index is 2.74. The summed E-state index contributed by atoms with van der Waals surface area (Å²) < 4.78 is 21.0. The number of carbonyl (C=O) groups is 1. The summed E-state index contributed by atoms with van der Waals surface area (Å²) in [6.45, 7) is 5.79. The van der Waals surface area contributed by atoms with Crippen molar-refractivity contribution in [3.8, 4) is 17.2 Å². The van der Waals surface area contributed by atoms with Crippen LogP contribution in [0.4, 0.5) is 4.79 Å². The Morgan fingerprint density at radius 3 is 2.13 bits per heavy atom. The highest BCUT2D eigenvalue weighted by molar-refractivity contribution is 5.68. The lowest BCUT2D eigenvalue weighted by molar-refractivity contribution is 0.0534. The van der Waals surface area contributed by atoms with Crippen LogP contribution in [0.5, 0.6) is 17.2 Å². The predicted octanol–water partition coefficient (Wildman–Crippen LogP) is 3.25. The van der Waals surface area contributed by atoms with Gasteiger partial charge in [-0.2, -0.15) is 0 Å². The number of benzene rings is 1. The number of rotatable bonds is 6. The molecule has 0 unspecified atom stereocenters. The Kier molecular flexibility index (Phi) is 6.75. The van der Waals surface area contributed by atoms with Gasteiger partial charge in [0.05, 0.1) is 21.3 Å². The highest BCUT2D eigenvalue weighted by atomic mass is 16.6. The first-order valence-electron chi connectivity index (χ1n) is 7.24. The van der Waals surface area contributed by atoms with Crippen LogP contribution < -0.4 is 19.5 Å². The second-order valence-electron chi connectivity index (χ2n) is 5.73. The first-order chi connectivity index (χ1) is 10.8. The molecule has 23 heavy (non-hydrogen) atoms. The molecule has 0 spiro atoms. The molecule has 1 rings (SSSR count). The summed E-state index contributed by atoms with van der Waals surface area (Å²) in [5, 5.41) is 2.65. The van der Waals surface area contributed by atoms with Crippen LogP contribution in [-0.2, 0) is 4.74 Å². The lowest BCUT2D eigenvalue weighted by Gasteiger charge is -2.19. The number of nitrogens with one attached hydrogen (secondary N) is 1. The minimum absolute atomic E-state index is 0.340. The Hall–Kier alpha value is -2.37. The molecule has 0 radical (unpaired) electrons. The minimum atomic E-state index is -0.514. The van der Waals surface area contributed by atoms with Crippen LogP contribution in [-0.4, -0.2) is 39.6 Å².